The lowest BCUT2D eigenvalue weighted by Gasteiger charge is -2.21. The van der Waals surface area contributed by atoms with E-state index in [1.54, 1.807) is 0 Å². The molecular weight excluding hydrogens is 612 g/mol. The molecule has 7 aromatic carbocycles. The van der Waals surface area contributed by atoms with Gasteiger partial charge in [-0.3, -0.25) is 0 Å². The molecule has 0 saturated heterocycles. The van der Waals surface area contributed by atoms with Crippen LogP contribution in [-0.2, 0) is 9.13 Å². The Morgan fingerprint density at radius 2 is 0.681 bits per heavy atom. The zero-order valence-electron chi connectivity index (χ0n) is 25.6. The summed E-state index contributed by atoms with van der Waals surface area (Å²) in [4.78, 5) is 0. The van der Waals surface area contributed by atoms with E-state index in [4.69, 9.17) is 0 Å². The van der Waals surface area contributed by atoms with Gasteiger partial charge in [0, 0.05) is 48.3 Å². The molecular formula is C42H31NO2P2. The first-order chi connectivity index (χ1) is 23.1. The van der Waals surface area contributed by atoms with Gasteiger partial charge in [0.1, 0.15) is 0 Å². The number of para-hydroxylation sites is 1. The van der Waals surface area contributed by atoms with Gasteiger partial charge in [0.2, 0.25) is 0 Å². The first-order valence-corrected chi connectivity index (χ1v) is 19.1. The molecule has 226 valence electrons. The molecule has 0 bridgehead atoms. The zero-order chi connectivity index (χ0) is 31.8. The molecule has 0 saturated carbocycles. The van der Waals surface area contributed by atoms with E-state index in [1.165, 1.54) is 0 Å². The highest BCUT2D eigenvalue weighted by molar-refractivity contribution is 7.85. The molecule has 5 heteroatoms. The van der Waals surface area contributed by atoms with Gasteiger partial charge >= 0.3 is 0 Å². The molecule has 8 rings (SSSR count). The van der Waals surface area contributed by atoms with Crippen molar-refractivity contribution < 1.29 is 9.13 Å². The summed E-state index contributed by atoms with van der Waals surface area (Å²) in [6.45, 7) is 0. The van der Waals surface area contributed by atoms with Gasteiger partial charge in [0.15, 0.2) is 14.3 Å². The second-order valence-electron chi connectivity index (χ2n) is 11.6. The molecule has 0 aliphatic carbocycles. The summed E-state index contributed by atoms with van der Waals surface area (Å²) < 4.78 is 32.6. The quantitative estimate of drug-likeness (QED) is 0.165. The Morgan fingerprint density at radius 1 is 0.319 bits per heavy atom. The van der Waals surface area contributed by atoms with Crippen molar-refractivity contribution in [3.63, 3.8) is 0 Å². The molecule has 0 amide bonds. The summed E-state index contributed by atoms with van der Waals surface area (Å²) in [5.74, 6) is 0. The lowest BCUT2D eigenvalue weighted by molar-refractivity contribution is 0.591. The van der Waals surface area contributed by atoms with E-state index in [-0.39, 0.29) is 0 Å². The number of rotatable bonds is 7. The first-order valence-electron chi connectivity index (χ1n) is 15.7. The average Bonchev–Trinajstić information content (AvgIpc) is 3.49. The highest BCUT2D eigenvalue weighted by atomic mass is 31.2. The van der Waals surface area contributed by atoms with Crippen molar-refractivity contribution in [1.82, 2.24) is 4.57 Å². The van der Waals surface area contributed by atoms with E-state index in [0.29, 0.717) is 0 Å². The molecule has 0 unspecified atom stereocenters. The zero-order valence-corrected chi connectivity index (χ0v) is 27.3. The minimum absolute atomic E-state index is 0.776. The molecule has 0 atom stereocenters. The lowest BCUT2D eigenvalue weighted by atomic mass is 10.2. The number of fused-ring (bicyclic) bond motifs is 3. The Morgan fingerprint density at radius 3 is 1.17 bits per heavy atom. The van der Waals surface area contributed by atoms with Crippen LogP contribution in [0.15, 0.2) is 188 Å². The molecule has 0 aliphatic heterocycles. The fourth-order valence-corrected chi connectivity index (χ4v) is 12.0. The van der Waals surface area contributed by atoms with Crippen molar-refractivity contribution in [2.75, 3.05) is 0 Å². The van der Waals surface area contributed by atoms with Crippen LogP contribution in [0.25, 0.3) is 27.5 Å². The molecule has 0 fully saturated rings. The van der Waals surface area contributed by atoms with Gasteiger partial charge in [-0.05, 0) is 36.4 Å². The van der Waals surface area contributed by atoms with Gasteiger partial charge in [-0.15, -0.1) is 0 Å². The van der Waals surface area contributed by atoms with Gasteiger partial charge in [0.05, 0.1) is 11.0 Å². The summed E-state index contributed by atoms with van der Waals surface area (Å²) in [5.41, 5.74) is 2.97. The Labute approximate surface area is 274 Å². The van der Waals surface area contributed by atoms with Crippen molar-refractivity contribution >= 4 is 67.9 Å². The summed E-state index contributed by atoms with van der Waals surface area (Å²) in [5, 5.41) is 6.96. The molecule has 0 N–H and O–H groups in total. The molecule has 8 aromatic rings. The Balaban J connectivity index is 1.33. The highest BCUT2D eigenvalue weighted by Crippen LogP contribution is 2.45. The van der Waals surface area contributed by atoms with Crippen molar-refractivity contribution in [2.24, 2.45) is 0 Å². The number of nitrogens with zero attached hydrogens (tertiary/aromatic N) is 1. The fourth-order valence-electron chi connectivity index (χ4n) is 6.69. The maximum absolute atomic E-state index is 15.3. The fraction of sp³-hybridized carbons (Fsp3) is 0. The predicted molar refractivity (Wildman–Crippen MR) is 200 cm³/mol. The van der Waals surface area contributed by atoms with Crippen LogP contribution in [0.5, 0.6) is 0 Å². The Hall–Kier alpha value is -5.20. The number of aromatic nitrogens is 1. The van der Waals surface area contributed by atoms with E-state index in [1.807, 2.05) is 146 Å². The van der Waals surface area contributed by atoms with Crippen molar-refractivity contribution in [3.8, 4) is 5.69 Å². The standard InChI is InChI=1S/C42H31NO2P2/c44-46(33-15-5-1-6-16-33,34-17-7-2-8-18-34)37-27-25-32(26-28-37)43-41-24-14-13-23-39(41)40-30-29-38(31-42(40)43)47(45,35-19-9-3-10-20-35)36-21-11-4-12-22-36/h1-31H. The van der Waals surface area contributed by atoms with Gasteiger partial charge in [-0.2, -0.15) is 0 Å². The summed E-state index contributed by atoms with van der Waals surface area (Å²) in [6.07, 6.45) is 0. The van der Waals surface area contributed by atoms with Crippen LogP contribution in [0.3, 0.4) is 0 Å². The third kappa shape index (κ3) is 4.83. The van der Waals surface area contributed by atoms with E-state index in [0.717, 1.165) is 59.3 Å². The van der Waals surface area contributed by atoms with Crippen LogP contribution in [-0.4, -0.2) is 4.57 Å². The van der Waals surface area contributed by atoms with E-state index in [2.05, 4.69) is 47.0 Å². The van der Waals surface area contributed by atoms with E-state index in [9.17, 15) is 0 Å². The maximum Gasteiger partial charge on any atom is 0.171 e. The normalized spacial score (nSPS) is 12.0. The van der Waals surface area contributed by atoms with Gasteiger partial charge in [-0.25, -0.2) is 0 Å². The van der Waals surface area contributed by atoms with E-state index >= 15 is 9.13 Å². The molecule has 1 aromatic heterocycles. The largest absolute Gasteiger partial charge is 0.309 e. The second-order valence-corrected chi connectivity index (χ2v) is 17.2. The summed E-state index contributed by atoms with van der Waals surface area (Å²) in [6, 6.07) is 61.7. The molecule has 0 aliphatic rings. The van der Waals surface area contributed by atoms with Crippen LogP contribution in [0.2, 0.25) is 0 Å². The summed E-state index contributed by atoms with van der Waals surface area (Å²) >= 11 is 0. The first kappa shape index (κ1) is 29.2. The number of benzene rings is 7. The monoisotopic (exact) mass is 643 g/mol. The molecule has 0 radical (unpaired) electrons. The van der Waals surface area contributed by atoms with Gasteiger partial charge in [-0.1, -0.05) is 152 Å². The van der Waals surface area contributed by atoms with Crippen LogP contribution in [0.1, 0.15) is 0 Å². The number of hydrogen-bond donors (Lipinski definition) is 0. The number of hydrogen-bond acceptors (Lipinski definition) is 2. The third-order valence-corrected chi connectivity index (χ3v) is 15.1. The SMILES string of the molecule is O=P(c1ccccc1)(c1ccccc1)c1ccc(-n2c3ccccc3c3ccc(P(=O)(c4ccccc4)c4ccccc4)cc32)cc1. The average molecular weight is 644 g/mol. The van der Waals surface area contributed by atoms with Gasteiger partial charge in [0.25, 0.3) is 0 Å². The molecule has 3 nitrogen and oxygen atoms in total. The molecule has 0 spiro atoms. The van der Waals surface area contributed by atoms with Crippen LogP contribution >= 0.6 is 14.3 Å². The van der Waals surface area contributed by atoms with Crippen molar-refractivity contribution in [2.45, 2.75) is 0 Å². The highest BCUT2D eigenvalue weighted by Gasteiger charge is 2.31. The van der Waals surface area contributed by atoms with Crippen LogP contribution in [0.4, 0.5) is 0 Å². The maximum atomic E-state index is 15.3. The van der Waals surface area contributed by atoms with Crippen LogP contribution in [0, 0.1) is 0 Å². The minimum Gasteiger partial charge on any atom is -0.309 e. The predicted octanol–water partition coefficient (Wildman–Crippen LogP) is 8.06. The Kier molecular flexibility index (Phi) is 7.38. The lowest BCUT2D eigenvalue weighted by Crippen LogP contribution is -2.25. The minimum atomic E-state index is -3.18. The van der Waals surface area contributed by atoms with Crippen molar-refractivity contribution in [3.05, 3.63) is 188 Å². The molecule has 47 heavy (non-hydrogen) atoms. The molecule has 1 heterocycles. The van der Waals surface area contributed by atoms with Crippen LogP contribution < -0.4 is 31.8 Å². The van der Waals surface area contributed by atoms with Crippen molar-refractivity contribution in [1.29, 1.82) is 0 Å². The third-order valence-electron chi connectivity index (χ3n) is 8.97. The Bertz CT molecular complexity index is 2350. The second kappa shape index (κ2) is 11.9. The smallest absolute Gasteiger partial charge is 0.171 e. The van der Waals surface area contributed by atoms with Gasteiger partial charge < -0.3 is 13.7 Å². The summed E-state index contributed by atoms with van der Waals surface area (Å²) in [7, 11) is -6.30. The topological polar surface area (TPSA) is 39.1 Å². The van der Waals surface area contributed by atoms with E-state index < -0.39 is 14.3 Å².